The Balaban J connectivity index is 1.44. The number of halogens is 3. The number of hydrazone groups is 1. The fraction of sp³-hybridized carbons (Fsp3) is 0.0909. The molecule has 3 aromatic rings. The number of hydrogen-bond acceptors (Lipinski definition) is 4. The molecule has 0 heterocycles. The summed E-state index contributed by atoms with van der Waals surface area (Å²) in [6.45, 7) is 0.217. The quantitative estimate of drug-likeness (QED) is 0.263. The van der Waals surface area contributed by atoms with E-state index in [4.69, 9.17) is 44.3 Å². The highest BCUT2D eigenvalue weighted by Gasteiger charge is 2.09. The molecule has 0 aromatic heterocycles. The second-order valence-corrected chi connectivity index (χ2v) is 7.34. The molecule has 0 aliphatic rings. The largest absolute Gasteiger partial charge is 0.489 e. The molecule has 0 bridgehead atoms. The first-order chi connectivity index (χ1) is 14.5. The van der Waals surface area contributed by atoms with Gasteiger partial charge in [-0.15, -0.1) is 0 Å². The van der Waals surface area contributed by atoms with Crippen LogP contribution in [0.5, 0.6) is 11.5 Å². The highest BCUT2D eigenvalue weighted by atomic mass is 35.5. The summed E-state index contributed by atoms with van der Waals surface area (Å²) in [6, 6.07) is 20.1. The van der Waals surface area contributed by atoms with Gasteiger partial charge in [-0.2, -0.15) is 5.10 Å². The van der Waals surface area contributed by atoms with Crippen molar-refractivity contribution in [3.05, 3.63) is 92.9 Å². The molecule has 154 valence electrons. The summed E-state index contributed by atoms with van der Waals surface area (Å²) in [5, 5.41) is 4.75. The second-order valence-electron chi connectivity index (χ2n) is 6.12. The van der Waals surface area contributed by atoms with Gasteiger partial charge in [0, 0.05) is 6.07 Å². The average molecular weight is 464 g/mol. The van der Waals surface area contributed by atoms with Gasteiger partial charge in [-0.3, -0.25) is 4.79 Å². The lowest BCUT2D eigenvalue weighted by Crippen LogP contribution is -2.24. The first-order valence-corrected chi connectivity index (χ1v) is 10.0. The number of nitrogens with one attached hydrogen (secondary N) is 1. The second kappa shape index (κ2) is 10.9. The van der Waals surface area contributed by atoms with E-state index in [0.717, 1.165) is 16.9 Å². The number of amides is 1. The van der Waals surface area contributed by atoms with Crippen molar-refractivity contribution >= 4 is 46.9 Å². The molecule has 1 amide bonds. The standard InChI is InChI=1S/C22H17Cl3N2O3/c23-18-10-20(25)21(11-19(18)24)30-14-22(28)27-26-12-15-6-8-17(9-7-15)29-13-16-4-2-1-3-5-16/h1-12H,13-14H2,(H,27,28)/b26-12+. The number of rotatable bonds is 8. The van der Waals surface area contributed by atoms with Crippen LogP contribution in [-0.4, -0.2) is 18.7 Å². The number of nitrogens with zero attached hydrogens (tertiary/aromatic N) is 1. The van der Waals surface area contributed by atoms with E-state index in [2.05, 4.69) is 10.5 Å². The molecule has 0 radical (unpaired) electrons. The lowest BCUT2D eigenvalue weighted by atomic mass is 10.2. The molecular formula is C22H17Cl3N2O3. The van der Waals surface area contributed by atoms with Crippen LogP contribution < -0.4 is 14.9 Å². The summed E-state index contributed by atoms with van der Waals surface area (Å²) in [4.78, 5) is 11.9. The van der Waals surface area contributed by atoms with E-state index in [0.29, 0.717) is 11.6 Å². The van der Waals surface area contributed by atoms with Crippen molar-refractivity contribution in [3.63, 3.8) is 0 Å². The Morgan fingerprint density at radius 2 is 1.60 bits per heavy atom. The minimum Gasteiger partial charge on any atom is -0.489 e. The SMILES string of the molecule is O=C(COc1cc(Cl)c(Cl)cc1Cl)N/N=C/c1ccc(OCc2ccccc2)cc1. The van der Waals surface area contributed by atoms with E-state index in [1.165, 1.54) is 18.3 Å². The summed E-state index contributed by atoms with van der Waals surface area (Å²) < 4.78 is 11.1. The molecule has 5 nitrogen and oxygen atoms in total. The van der Waals surface area contributed by atoms with Crippen LogP contribution in [0.15, 0.2) is 71.8 Å². The average Bonchev–Trinajstić information content (AvgIpc) is 2.75. The van der Waals surface area contributed by atoms with Gasteiger partial charge in [-0.1, -0.05) is 65.1 Å². The maximum atomic E-state index is 11.9. The molecule has 0 atom stereocenters. The molecule has 3 aromatic carbocycles. The van der Waals surface area contributed by atoms with E-state index in [1.807, 2.05) is 54.6 Å². The molecule has 0 aliphatic carbocycles. The molecule has 0 unspecified atom stereocenters. The van der Waals surface area contributed by atoms with Crippen LogP contribution in [-0.2, 0) is 11.4 Å². The van der Waals surface area contributed by atoms with Crippen molar-refractivity contribution in [3.8, 4) is 11.5 Å². The fourth-order valence-corrected chi connectivity index (χ4v) is 2.95. The van der Waals surface area contributed by atoms with Crippen LogP contribution >= 0.6 is 34.8 Å². The van der Waals surface area contributed by atoms with Gasteiger partial charge in [0.2, 0.25) is 0 Å². The summed E-state index contributed by atoms with van der Waals surface area (Å²) in [5.74, 6) is 0.555. The molecule has 3 rings (SSSR count). The molecule has 0 saturated heterocycles. The third-order valence-corrected chi connectivity index (χ3v) is 4.88. The molecule has 0 saturated carbocycles. The first-order valence-electron chi connectivity index (χ1n) is 8.87. The number of ether oxygens (including phenoxy) is 2. The van der Waals surface area contributed by atoms with Crippen LogP contribution in [0, 0.1) is 0 Å². The van der Waals surface area contributed by atoms with Gasteiger partial charge in [-0.25, -0.2) is 5.43 Å². The monoisotopic (exact) mass is 462 g/mol. The predicted octanol–water partition coefficient (Wildman–Crippen LogP) is 5.75. The van der Waals surface area contributed by atoms with Crippen LogP contribution in [0.25, 0.3) is 0 Å². The third kappa shape index (κ3) is 6.66. The molecule has 8 heteroatoms. The highest BCUT2D eigenvalue weighted by molar-refractivity contribution is 6.43. The van der Waals surface area contributed by atoms with E-state index in [1.54, 1.807) is 0 Å². The van der Waals surface area contributed by atoms with Crippen LogP contribution in [0.4, 0.5) is 0 Å². The van der Waals surface area contributed by atoms with Crippen molar-refractivity contribution < 1.29 is 14.3 Å². The van der Waals surface area contributed by atoms with Crippen molar-refractivity contribution in [2.45, 2.75) is 6.61 Å². The van der Waals surface area contributed by atoms with Gasteiger partial charge in [-0.05, 0) is 41.5 Å². The van der Waals surface area contributed by atoms with Crippen LogP contribution in [0.1, 0.15) is 11.1 Å². The zero-order valence-electron chi connectivity index (χ0n) is 15.6. The summed E-state index contributed by atoms with van der Waals surface area (Å²) >= 11 is 17.8. The number of carbonyl (C=O) groups excluding carboxylic acids is 1. The van der Waals surface area contributed by atoms with Crippen molar-refractivity contribution in [2.75, 3.05) is 6.61 Å². The van der Waals surface area contributed by atoms with E-state index in [-0.39, 0.29) is 22.4 Å². The van der Waals surface area contributed by atoms with Crippen molar-refractivity contribution in [2.24, 2.45) is 5.10 Å². The summed E-state index contributed by atoms with van der Waals surface area (Å²) in [7, 11) is 0. The van der Waals surface area contributed by atoms with Crippen molar-refractivity contribution in [1.29, 1.82) is 0 Å². The molecule has 0 fully saturated rings. The lowest BCUT2D eigenvalue weighted by Gasteiger charge is -2.08. The fourth-order valence-electron chi connectivity index (χ4n) is 2.36. The van der Waals surface area contributed by atoms with Crippen LogP contribution in [0.2, 0.25) is 15.1 Å². The number of benzene rings is 3. The predicted molar refractivity (Wildman–Crippen MR) is 120 cm³/mol. The van der Waals surface area contributed by atoms with Crippen molar-refractivity contribution in [1.82, 2.24) is 5.43 Å². The van der Waals surface area contributed by atoms with Gasteiger partial charge in [0.05, 0.1) is 21.3 Å². The minimum absolute atomic E-state index is 0.260. The topological polar surface area (TPSA) is 59.9 Å². The molecule has 0 spiro atoms. The number of hydrogen-bond donors (Lipinski definition) is 1. The number of carbonyl (C=O) groups is 1. The van der Waals surface area contributed by atoms with E-state index >= 15 is 0 Å². The lowest BCUT2D eigenvalue weighted by molar-refractivity contribution is -0.123. The summed E-state index contributed by atoms with van der Waals surface area (Å²) in [5.41, 5.74) is 4.27. The maximum Gasteiger partial charge on any atom is 0.277 e. The molecule has 0 aliphatic heterocycles. The zero-order chi connectivity index (χ0) is 21.3. The smallest absolute Gasteiger partial charge is 0.277 e. The van der Waals surface area contributed by atoms with Crippen LogP contribution in [0.3, 0.4) is 0 Å². The zero-order valence-corrected chi connectivity index (χ0v) is 17.9. The van der Waals surface area contributed by atoms with E-state index in [9.17, 15) is 4.79 Å². The maximum absolute atomic E-state index is 11.9. The van der Waals surface area contributed by atoms with E-state index < -0.39 is 5.91 Å². The Labute approximate surface area is 189 Å². The minimum atomic E-state index is -0.448. The molecule has 1 N–H and O–H groups in total. The van der Waals surface area contributed by atoms with Gasteiger partial charge in [0.1, 0.15) is 18.1 Å². The van der Waals surface area contributed by atoms with Gasteiger partial charge in [0.25, 0.3) is 5.91 Å². The van der Waals surface area contributed by atoms with Gasteiger partial charge >= 0.3 is 0 Å². The molecule has 30 heavy (non-hydrogen) atoms. The first kappa shape index (κ1) is 22.0. The van der Waals surface area contributed by atoms with Gasteiger partial charge < -0.3 is 9.47 Å². The highest BCUT2D eigenvalue weighted by Crippen LogP contribution is 2.33. The summed E-state index contributed by atoms with van der Waals surface area (Å²) in [6.07, 6.45) is 1.52. The Hall–Kier alpha value is -2.73. The Kier molecular flexibility index (Phi) is 7.97. The Morgan fingerprint density at radius 3 is 2.33 bits per heavy atom. The third-order valence-electron chi connectivity index (χ3n) is 3.86. The normalized spacial score (nSPS) is 10.8. The Bertz CT molecular complexity index is 1030. The molecular weight excluding hydrogens is 447 g/mol. The Morgan fingerprint density at radius 1 is 0.900 bits per heavy atom. The van der Waals surface area contributed by atoms with Gasteiger partial charge in [0.15, 0.2) is 6.61 Å².